The summed E-state index contributed by atoms with van der Waals surface area (Å²) in [7, 11) is 3.52. The quantitative estimate of drug-likeness (QED) is 0.736. The molecule has 0 aromatic heterocycles. The van der Waals surface area contributed by atoms with Crippen molar-refractivity contribution < 1.29 is 19.1 Å². The topological polar surface area (TPSA) is 71.1 Å². The van der Waals surface area contributed by atoms with Crippen LogP contribution in [0.25, 0.3) is 0 Å². The van der Waals surface area contributed by atoms with Gasteiger partial charge in [-0.2, -0.15) is 0 Å². The minimum atomic E-state index is -0.176. The summed E-state index contributed by atoms with van der Waals surface area (Å²) >= 11 is 0. The van der Waals surface area contributed by atoms with E-state index in [1.807, 2.05) is 0 Å². The van der Waals surface area contributed by atoms with E-state index in [2.05, 4.69) is 24.1 Å². The van der Waals surface area contributed by atoms with Crippen LogP contribution in [0.3, 0.4) is 0 Å². The van der Waals surface area contributed by atoms with Gasteiger partial charge in [-0.15, -0.1) is 0 Å². The van der Waals surface area contributed by atoms with Gasteiger partial charge in [0.25, 0.3) is 5.91 Å². The molecule has 3 rings (SSSR count). The molecule has 1 aromatic rings. The molecule has 0 unspecified atom stereocenters. The Morgan fingerprint density at radius 2 is 1.91 bits per heavy atom. The molecule has 1 aliphatic carbocycles. The summed E-state index contributed by atoms with van der Waals surface area (Å²) in [5.41, 5.74) is 1.04. The largest absolute Gasteiger partial charge is 0.491 e. The first kappa shape index (κ1) is 25.5. The number of amides is 2. The van der Waals surface area contributed by atoms with Crippen LogP contribution in [0.2, 0.25) is 0 Å². The van der Waals surface area contributed by atoms with Crippen molar-refractivity contribution >= 4 is 17.5 Å². The SMILES string of the molecule is CO[C@@H]1CN(C)C(=O)c2cc(NC(C)=O)ccc2OC[C@H](C)N(CC2CCCCC2)C[C@H]1C. The predicted octanol–water partition coefficient (Wildman–Crippen LogP) is 4.03. The van der Waals surface area contributed by atoms with Gasteiger partial charge < -0.3 is 19.7 Å². The van der Waals surface area contributed by atoms with Gasteiger partial charge in [0.05, 0.1) is 11.7 Å². The first-order chi connectivity index (χ1) is 15.8. The van der Waals surface area contributed by atoms with E-state index < -0.39 is 0 Å². The zero-order chi connectivity index (χ0) is 24.0. The normalized spacial score (nSPS) is 26.0. The molecule has 2 amide bonds. The van der Waals surface area contributed by atoms with Crippen LogP contribution >= 0.6 is 0 Å². The molecule has 184 valence electrons. The van der Waals surface area contributed by atoms with E-state index >= 15 is 0 Å². The minimum Gasteiger partial charge on any atom is -0.491 e. The minimum absolute atomic E-state index is 0.0673. The molecule has 33 heavy (non-hydrogen) atoms. The van der Waals surface area contributed by atoms with E-state index in [0.29, 0.717) is 30.2 Å². The summed E-state index contributed by atoms with van der Waals surface area (Å²) in [5.74, 6) is 1.23. The van der Waals surface area contributed by atoms with Crippen LogP contribution in [0.1, 0.15) is 63.2 Å². The van der Waals surface area contributed by atoms with Gasteiger partial charge >= 0.3 is 0 Å². The Morgan fingerprint density at radius 3 is 2.58 bits per heavy atom. The average Bonchev–Trinajstić information content (AvgIpc) is 2.80. The number of carbonyl (C=O) groups excluding carboxylic acids is 2. The molecule has 1 fully saturated rings. The zero-order valence-corrected chi connectivity index (χ0v) is 20.9. The smallest absolute Gasteiger partial charge is 0.257 e. The van der Waals surface area contributed by atoms with Crippen LogP contribution < -0.4 is 10.1 Å². The Balaban J connectivity index is 1.89. The molecule has 3 atom stereocenters. The summed E-state index contributed by atoms with van der Waals surface area (Å²) in [4.78, 5) is 29.1. The first-order valence-corrected chi connectivity index (χ1v) is 12.3. The van der Waals surface area contributed by atoms with Crippen LogP contribution in [-0.4, -0.2) is 74.2 Å². The lowest BCUT2D eigenvalue weighted by molar-refractivity contribution is -0.114. The molecule has 1 aliphatic heterocycles. The molecule has 7 nitrogen and oxygen atoms in total. The Bertz CT molecular complexity index is 809. The molecular formula is C26H41N3O4. The Labute approximate surface area is 198 Å². The number of nitrogens with zero attached hydrogens (tertiary/aromatic N) is 2. The fourth-order valence-electron chi connectivity index (χ4n) is 5.09. The molecule has 0 saturated heterocycles. The third-order valence-corrected chi connectivity index (χ3v) is 7.11. The van der Waals surface area contributed by atoms with Crippen molar-refractivity contribution in [2.75, 3.05) is 45.7 Å². The summed E-state index contributed by atoms with van der Waals surface area (Å²) < 4.78 is 12.1. The molecule has 0 spiro atoms. The molecule has 2 aliphatic rings. The van der Waals surface area contributed by atoms with Gasteiger partial charge in [-0.25, -0.2) is 0 Å². The zero-order valence-electron chi connectivity index (χ0n) is 20.9. The van der Waals surface area contributed by atoms with Crippen molar-refractivity contribution in [3.63, 3.8) is 0 Å². The van der Waals surface area contributed by atoms with E-state index in [1.165, 1.54) is 39.0 Å². The molecule has 7 heteroatoms. The van der Waals surface area contributed by atoms with Crippen molar-refractivity contribution in [1.82, 2.24) is 9.80 Å². The number of anilines is 1. The number of likely N-dealkylation sites (N-methyl/N-ethyl adjacent to an activating group) is 1. The molecule has 0 radical (unpaired) electrons. The maximum absolute atomic E-state index is 13.3. The molecular weight excluding hydrogens is 418 g/mol. The van der Waals surface area contributed by atoms with Crippen LogP contribution in [0.5, 0.6) is 5.75 Å². The summed E-state index contributed by atoms with van der Waals surface area (Å²) in [6.07, 6.45) is 6.56. The first-order valence-electron chi connectivity index (χ1n) is 12.3. The maximum Gasteiger partial charge on any atom is 0.257 e. The highest BCUT2D eigenvalue weighted by Gasteiger charge is 2.29. The summed E-state index contributed by atoms with van der Waals surface area (Å²) in [6.45, 7) is 8.86. The van der Waals surface area contributed by atoms with Crippen molar-refractivity contribution in [2.24, 2.45) is 11.8 Å². The summed E-state index contributed by atoms with van der Waals surface area (Å²) in [5, 5.41) is 2.77. The van der Waals surface area contributed by atoms with Gasteiger partial charge in [0.15, 0.2) is 0 Å². The van der Waals surface area contributed by atoms with Gasteiger partial charge in [-0.1, -0.05) is 26.2 Å². The third-order valence-electron chi connectivity index (χ3n) is 7.11. The number of nitrogens with one attached hydrogen (secondary N) is 1. The van der Waals surface area contributed by atoms with Crippen molar-refractivity contribution in [3.8, 4) is 5.75 Å². The van der Waals surface area contributed by atoms with E-state index in [9.17, 15) is 9.59 Å². The van der Waals surface area contributed by atoms with E-state index in [1.54, 1.807) is 37.3 Å². The molecule has 1 saturated carbocycles. The Morgan fingerprint density at radius 1 is 1.18 bits per heavy atom. The highest BCUT2D eigenvalue weighted by molar-refractivity contribution is 5.99. The average molecular weight is 460 g/mol. The monoisotopic (exact) mass is 459 g/mol. The predicted molar refractivity (Wildman–Crippen MR) is 131 cm³/mol. The third kappa shape index (κ3) is 6.93. The second-order valence-corrected chi connectivity index (χ2v) is 9.95. The lowest BCUT2D eigenvalue weighted by atomic mass is 9.88. The molecule has 0 bridgehead atoms. The van der Waals surface area contributed by atoms with Crippen molar-refractivity contribution in [1.29, 1.82) is 0 Å². The number of benzene rings is 1. The van der Waals surface area contributed by atoms with Gasteiger partial charge in [0.2, 0.25) is 5.91 Å². The van der Waals surface area contributed by atoms with E-state index in [-0.39, 0.29) is 29.9 Å². The van der Waals surface area contributed by atoms with Crippen molar-refractivity contribution in [3.05, 3.63) is 23.8 Å². The molecule has 1 heterocycles. The highest BCUT2D eigenvalue weighted by Crippen LogP contribution is 2.28. The van der Waals surface area contributed by atoms with Gasteiger partial charge in [-0.3, -0.25) is 14.5 Å². The number of hydrogen-bond donors (Lipinski definition) is 1. The van der Waals surface area contributed by atoms with E-state index in [4.69, 9.17) is 9.47 Å². The standard InChI is InChI=1S/C26H41N3O4/c1-18-14-29(15-21-9-7-6-8-10-21)19(2)17-33-24-12-11-22(27-20(3)30)13-23(24)26(31)28(4)16-25(18)32-5/h11-13,18-19,21,25H,6-10,14-17H2,1-5H3,(H,27,30)/t18-,19+,25-/m1/s1. The van der Waals surface area contributed by atoms with Gasteiger partial charge in [-0.05, 0) is 49.8 Å². The van der Waals surface area contributed by atoms with Crippen LogP contribution in [0.15, 0.2) is 18.2 Å². The number of methoxy groups -OCH3 is 1. The maximum atomic E-state index is 13.3. The second-order valence-electron chi connectivity index (χ2n) is 9.95. The number of hydrogen-bond acceptors (Lipinski definition) is 5. The lowest BCUT2D eigenvalue weighted by Gasteiger charge is -2.38. The van der Waals surface area contributed by atoms with Crippen LogP contribution in [-0.2, 0) is 9.53 Å². The fraction of sp³-hybridized carbons (Fsp3) is 0.692. The van der Waals surface area contributed by atoms with Crippen molar-refractivity contribution in [2.45, 2.75) is 65.0 Å². The van der Waals surface area contributed by atoms with Gasteiger partial charge in [0, 0.05) is 52.4 Å². The van der Waals surface area contributed by atoms with Crippen LogP contribution in [0, 0.1) is 11.8 Å². The van der Waals surface area contributed by atoms with Crippen LogP contribution in [0.4, 0.5) is 5.69 Å². The lowest BCUT2D eigenvalue weighted by Crippen LogP contribution is -2.48. The van der Waals surface area contributed by atoms with Gasteiger partial charge in [0.1, 0.15) is 12.4 Å². The number of carbonyl (C=O) groups is 2. The fourth-order valence-corrected chi connectivity index (χ4v) is 5.09. The second kappa shape index (κ2) is 11.8. The Kier molecular flexibility index (Phi) is 9.15. The number of fused-ring (bicyclic) bond motifs is 1. The Hall–Kier alpha value is -2.12. The number of rotatable bonds is 4. The van der Waals surface area contributed by atoms with E-state index in [0.717, 1.165) is 19.0 Å². The molecule has 1 N–H and O–H groups in total. The summed E-state index contributed by atoms with van der Waals surface area (Å²) in [6, 6.07) is 5.48. The number of ether oxygens (including phenoxy) is 2. The highest BCUT2D eigenvalue weighted by atomic mass is 16.5. The molecule has 1 aromatic carbocycles.